The fourth-order valence-corrected chi connectivity index (χ4v) is 3.49. The monoisotopic (exact) mass is 288 g/mol. The second kappa shape index (κ2) is 5.75. The van der Waals surface area contributed by atoms with Crippen LogP contribution in [0, 0.1) is 0 Å². The van der Waals surface area contributed by atoms with Gasteiger partial charge in [0.05, 0.1) is 18.0 Å². The molecule has 0 saturated carbocycles. The van der Waals surface area contributed by atoms with Crippen molar-refractivity contribution in [1.82, 2.24) is 0 Å². The maximum absolute atomic E-state index is 6.29. The zero-order chi connectivity index (χ0) is 13.9. The number of para-hydroxylation sites is 1. The van der Waals surface area contributed by atoms with E-state index in [0.717, 1.165) is 43.1 Å². The topological polar surface area (TPSA) is 38.5 Å². The van der Waals surface area contributed by atoms with Crippen LogP contribution in [0.1, 0.15) is 23.8 Å². The van der Waals surface area contributed by atoms with Gasteiger partial charge in [-0.1, -0.05) is 13.0 Å². The lowest BCUT2D eigenvalue weighted by atomic mass is 10.1. The predicted octanol–water partition coefficient (Wildman–Crippen LogP) is 3.68. The number of nitrogen functional groups attached to an aromatic ring is 1. The Kier molecular flexibility index (Phi) is 3.83. The average molecular weight is 288 g/mol. The van der Waals surface area contributed by atoms with Crippen LogP contribution in [0.2, 0.25) is 0 Å². The standard InChI is InChI=1S/C16H20N2OS/c1-2-9-19-14-5-3-4-13(16(14)17)18-8-6-15-12(11-18)7-10-20-15/h3-5,7,10H,2,6,8-9,11,17H2,1H3. The van der Waals surface area contributed by atoms with Crippen molar-refractivity contribution in [3.8, 4) is 5.75 Å². The lowest BCUT2D eigenvalue weighted by Gasteiger charge is -2.30. The molecule has 0 bridgehead atoms. The second-order valence-corrected chi connectivity index (χ2v) is 6.08. The highest BCUT2D eigenvalue weighted by Crippen LogP contribution is 2.35. The van der Waals surface area contributed by atoms with Gasteiger partial charge < -0.3 is 15.4 Å². The number of ether oxygens (including phenoxy) is 1. The molecule has 106 valence electrons. The van der Waals surface area contributed by atoms with Crippen molar-refractivity contribution in [2.75, 3.05) is 23.8 Å². The van der Waals surface area contributed by atoms with Gasteiger partial charge in [-0.05, 0) is 42.0 Å². The van der Waals surface area contributed by atoms with Crippen molar-refractivity contribution < 1.29 is 4.74 Å². The summed E-state index contributed by atoms with van der Waals surface area (Å²) in [5.74, 6) is 0.806. The normalized spacial score (nSPS) is 14.2. The number of hydrogen-bond acceptors (Lipinski definition) is 4. The molecule has 4 heteroatoms. The largest absolute Gasteiger partial charge is 0.491 e. The van der Waals surface area contributed by atoms with Crippen LogP contribution in [0.4, 0.5) is 11.4 Å². The first-order chi connectivity index (χ1) is 9.79. The van der Waals surface area contributed by atoms with Crippen LogP contribution in [0.25, 0.3) is 0 Å². The molecule has 0 amide bonds. The number of anilines is 2. The first-order valence-electron chi connectivity index (χ1n) is 7.11. The van der Waals surface area contributed by atoms with E-state index in [2.05, 4.69) is 29.3 Å². The van der Waals surface area contributed by atoms with E-state index in [1.54, 1.807) is 0 Å². The van der Waals surface area contributed by atoms with E-state index >= 15 is 0 Å². The first kappa shape index (κ1) is 13.3. The van der Waals surface area contributed by atoms with Gasteiger partial charge >= 0.3 is 0 Å². The molecular weight excluding hydrogens is 268 g/mol. The number of thiophene rings is 1. The minimum Gasteiger partial charge on any atom is -0.491 e. The third kappa shape index (κ3) is 2.48. The molecule has 3 rings (SSSR count). The lowest BCUT2D eigenvalue weighted by molar-refractivity contribution is 0.319. The molecule has 2 N–H and O–H groups in total. The maximum atomic E-state index is 6.29. The highest BCUT2D eigenvalue weighted by Gasteiger charge is 2.20. The molecule has 0 unspecified atom stereocenters. The average Bonchev–Trinajstić information content (AvgIpc) is 2.93. The van der Waals surface area contributed by atoms with Crippen molar-refractivity contribution in [3.05, 3.63) is 40.1 Å². The van der Waals surface area contributed by atoms with Crippen LogP contribution >= 0.6 is 11.3 Å². The zero-order valence-corrected chi connectivity index (χ0v) is 12.6. The number of rotatable bonds is 4. The van der Waals surface area contributed by atoms with E-state index in [0.29, 0.717) is 6.61 Å². The van der Waals surface area contributed by atoms with Crippen LogP contribution in [-0.4, -0.2) is 13.2 Å². The third-order valence-electron chi connectivity index (χ3n) is 3.65. The first-order valence-corrected chi connectivity index (χ1v) is 7.99. The Morgan fingerprint density at radius 1 is 1.35 bits per heavy atom. The molecule has 1 aromatic carbocycles. The summed E-state index contributed by atoms with van der Waals surface area (Å²) in [6, 6.07) is 8.29. The quantitative estimate of drug-likeness (QED) is 0.872. The van der Waals surface area contributed by atoms with Crippen LogP contribution in [0.5, 0.6) is 5.75 Å². The zero-order valence-electron chi connectivity index (χ0n) is 11.8. The molecular formula is C16H20N2OS. The number of fused-ring (bicyclic) bond motifs is 1. The summed E-state index contributed by atoms with van der Waals surface area (Å²) >= 11 is 1.86. The summed E-state index contributed by atoms with van der Waals surface area (Å²) in [7, 11) is 0. The van der Waals surface area contributed by atoms with E-state index in [1.165, 1.54) is 10.4 Å². The van der Waals surface area contributed by atoms with Gasteiger partial charge in [-0.2, -0.15) is 0 Å². The fraction of sp³-hybridized carbons (Fsp3) is 0.375. The van der Waals surface area contributed by atoms with Crippen molar-refractivity contribution in [3.63, 3.8) is 0 Å². The molecule has 2 heterocycles. The molecule has 1 aliphatic rings. The van der Waals surface area contributed by atoms with Crippen LogP contribution in [0.3, 0.4) is 0 Å². The maximum Gasteiger partial charge on any atom is 0.144 e. The molecule has 2 aromatic rings. The molecule has 1 aromatic heterocycles. The van der Waals surface area contributed by atoms with Crippen molar-refractivity contribution in [2.45, 2.75) is 26.3 Å². The highest BCUT2D eigenvalue weighted by molar-refractivity contribution is 7.10. The molecule has 3 nitrogen and oxygen atoms in total. The smallest absolute Gasteiger partial charge is 0.144 e. The Labute approximate surface area is 124 Å². The van der Waals surface area contributed by atoms with Crippen LogP contribution < -0.4 is 15.4 Å². The minimum atomic E-state index is 0.711. The molecule has 0 saturated heterocycles. The number of benzene rings is 1. The van der Waals surface area contributed by atoms with Gasteiger partial charge in [0.2, 0.25) is 0 Å². The summed E-state index contributed by atoms with van der Waals surface area (Å²) in [6.45, 7) is 4.78. The Balaban J connectivity index is 1.84. The van der Waals surface area contributed by atoms with E-state index in [-0.39, 0.29) is 0 Å². The Hall–Kier alpha value is -1.68. The fourth-order valence-electron chi connectivity index (χ4n) is 2.60. The van der Waals surface area contributed by atoms with Crippen molar-refractivity contribution >= 4 is 22.7 Å². The van der Waals surface area contributed by atoms with Gasteiger partial charge in [0.15, 0.2) is 0 Å². The van der Waals surface area contributed by atoms with Gasteiger partial charge in [0, 0.05) is 18.0 Å². The predicted molar refractivity (Wildman–Crippen MR) is 85.7 cm³/mol. The van der Waals surface area contributed by atoms with E-state index in [9.17, 15) is 0 Å². The molecule has 0 spiro atoms. The van der Waals surface area contributed by atoms with Gasteiger partial charge in [0.1, 0.15) is 5.75 Å². The summed E-state index contributed by atoms with van der Waals surface area (Å²) in [5.41, 5.74) is 9.57. The third-order valence-corrected chi connectivity index (χ3v) is 4.68. The Morgan fingerprint density at radius 2 is 2.25 bits per heavy atom. The SMILES string of the molecule is CCCOc1cccc(N2CCc3sccc3C2)c1N. The molecule has 20 heavy (non-hydrogen) atoms. The molecule has 0 fully saturated rings. The van der Waals surface area contributed by atoms with Crippen LogP contribution in [0.15, 0.2) is 29.6 Å². The van der Waals surface area contributed by atoms with E-state index in [4.69, 9.17) is 10.5 Å². The summed E-state index contributed by atoms with van der Waals surface area (Å²) in [6.07, 6.45) is 2.10. The van der Waals surface area contributed by atoms with E-state index in [1.807, 2.05) is 23.5 Å². The second-order valence-electron chi connectivity index (χ2n) is 5.08. The van der Waals surface area contributed by atoms with Gasteiger partial charge in [-0.15, -0.1) is 11.3 Å². The Morgan fingerprint density at radius 3 is 3.10 bits per heavy atom. The van der Waals surface area contributed by atoms with Gasteiger partial charge in [0.25, 0.3) is 0 Å². The van der Waals surface area contributed by atoms with Gasteiger partial charge in [-0.3, -0.25) is 0 Å². The summed E-state index contributed by atoms with van der Waals surface area (Å²) in [5, 5.41) is 2.18. The Bertz CT molecular complexity index is 594. The number of nitrogens with two attached hydrogens (primary N) is 1. The molecule has 0 aliphatic carbocycles. The number of nitrogens with zero attached hydrogens (tertiary/aromatic N) is 1. The summed E-state index contributed by atoms with van der Waals surface area (Å²) < 4.78 is 5.72. The highest BCUT2D eigenvalue weighted by atomic mass is 32.1. The van der Waals surface area contributed by atoms with E-state index < -0.39 is 0 Å². The van der Waals surface area contributed by atoms with Crippen LogP contribution in [-0.2, 0) is 13.0 Å². The van der Waals surface area contributed by atoms with Crippen molar-refractivity contribution in [1.29, 1.82) is 0 Å². The molecule has 1 aliphatic heterocycles. The van der Waals surface area contributed by atoms with Gasteiger partial charge in [-0.25, -0.2) is 0 Å². The number of hydrogen-bond donors (Lipinski definition) is 1. The summed E-state index contributed by atoms with van der Waals surface area (Å²) in [4.78, 5) is 3.86. The molecule has 0 radical (unpaired) electrons. The van der Waals surface area contributed by atoms with Crippen molar-refractivity contribution in [2.24, 2.45) is 0 Å². The minimum absolute atomic E-state index is 0.711. The lowest BCUT2D eigenvalue weighted by Crippen LogP contribution is -2.30. The molecule has 0 atom stereocenters.